The topological polar surface area (TPSA) is 60.4 Å². The first-order valence-electron chi connectivity index (χ1n) is 12.1. The van der Waals surface area contributed by atoms with Crippen LogP contribution in [0.4, 0.5) is 0 Å². The molecule has 172 valence electrons. The predicted octanol–water partition coefficient (Wildman–Crippen LogP) is 5.87. The summed E-state index contributed by atoms with van der Waals surface area (Å²) in [6, 6.07) is 3.66. The lowest BCUT2D eigenvalue weighted by atomic mass is 9.39. The first-order chi connectivity index (χ1) is 15.1. The largest absolute Gasteiger partial charge is 0.461 e. The molecule has 4 nitrogen and oxygen atoms in total. The number of thiophene rings is 1. The van der Waals surface area contributed by atoms with Crippen molar-refractivity contribution in [2.75, 3.05) is 6.61 Å². The number of ketones is 2. The molecule has 0 N–H and O–H groups in total. The average molecular weight is 455 g/mol. The molecule has 2 bridgehead atoms. The van der Waals surface area contributed by atoms with Gasteiger partial charge >= 0.3 is 5.97 Å². The number of carbonyl (C=O) groups excluding carboxylic acids is 3. The van der Waals surface area contributed by atoms with E-state index in [1.165, 1.54) is 11.3 Å². The second-order valence-corrected chi connectivity index (χ2v) is 12.4. The van der Waals surface area contributed by atoms with Gasteiger partial charge in [0.15, 0.2) is 5.78 Å². The molecule has 1 aromatic heterocycles. The summed E-state index contributed by atoms with van der Waals surface area (Å²) in [5.74, 6) is 0.754. The minimum absolute atomic E-state index is 0.0438. The maximum atomic E-state index is 13.7. The summed E-state index contributed by atoms with van der Waals surface area (Å²) in [5, 5.41) is 1.88. The van der Waals surface area contributed by atoms with Crippen molar-refractivity contribution in [1.29, 1.82) is 0 Å². The van der Waals surface area contributed by atoms with E-state index in [1.807, 2.05) is 11.4 Å². The van der Waals surface area contributed by atoms with Gasteiger partial charge in [-0.1, -0.05) is 39.8 Å². The highest BCUT2D eigenvalue weighted by molar-refractivity contribution is 7.11. The Morgan fingerprint density at radius 1 is 1.25 bits per heavy atom. The molecule has 0 aliphatic heterocycles. The van der Waals surface area contributed by atoms with Crippen molar-refractivity contribution in [2.24, 2.45) is 39.9 Å². The molecule has 5 aliphatic carbocycles. The van der Waals surface area contributed by atoms with Crippen LogP contribution in [-0.2, 0) is 14.3 Å². The molecule has 5 fully saturated rings. The van der Waals surface area contributed by atoms with Gasteiger partial charge in [-0.05, 0) is 78.2 Å². The summed E-state index contributed by atoms with van der Waals surface area (Å²) >= 11 is 1.40. The zero-order chi connectivity index (χ0) is 22.9. The quantitative estimate of drug-likeness (QED) is 0.326. The Kier molecular flexibility index (Phi) is 5.09. The van der Waals surface area contributed by atoms with Gasteiger partial charge in [0.2, 0.25) is 0 Å². The van der Waals surface area contributed by atoms with Crippen molar-refractivity contribution in [3.05, 3.63) is 34.5 Å². The zero-order valence-electron chi connectivity index (χ0n) is 19.4. The molecule has 6 rings (SSSR count). The third kappa shape index (κ3) is 2.89. The lowest BCUT2D eigenvalue weighted by molar-refractivity contribution is -0.175. The van der Waals surface area contributed by atoms with Crippen LogP contribution < -0.4 is 0 Å². The zero-order valence-corrected chi connectivity index (χ0v) is 20.3. The number of hydrogen-bond donors (Lipinski definition) is 0. The molecule has 7 atom stereocenters. The number of esters is 1. The van der Waals surface area contributed by atoms with Crippen LogP contribution in [0.5, 0.6) is 0 Å². The Bertz CT molecular complexity index is 980. The molecule has 1 spiro atoms. The minimum atomic E-state index is -0.816. The fraction of sp³-hybridized carbons (Fsp3) is 0.667. The van der Waals surface area contributed by atoms with Crippen LogP contribution in [0, 0.1) is 39.9 Å². The Hall–Kier alpha value is -1.75. The van der Waals surface area contributed by atoms with E-state index in [2.05, 4.69) is 27.4 Å². The third-order valence-corrected chi connectivity index (χ3v) is 11.0. The van der Waals surface area contributed by atoms with E-state index in [-0.39, 0.29) is 52.0 Å². The maximum Gasteiger partial charge on any atom is 0.348 e. The molecule has 0 radical (unpaired) electrons. The Morgan fingerprint density at radius 3 is 2.75 bits per heavy atom. The van der Waals surface area contributed by atoms with E-state index < -0.39 is 5.41 Å². The van der Waals surface area contributed by atoms with E-state index in [0.29, 0.717) is 29.9 Å². The van der Waals surface area contributed by atoms with Crippen LogP contribution in [0.15, 0.2) is 29.7 Å². The third-order valence-electron chi connectivity index (χ3n) is 10.2. The summed E-state index contributed by atoms with van der Waals surface area (Å²) in [5.41, 5.74) is -0.336. The van der Waals surface area contributed by atoms with E-state index in [4.69, 9.17) is 4.74 Å². The molecule has 5 saturated carbocycles. The summed E-state index contributed by atoms with van der Waals surface area (Å²) in [7, 11) is 0. The fourth-order valence-corrected chi connectivity index (χ4v) is 8.62. The molecular formula is C27H34O4S. The van der Waals surface area contributed by atoms with Gasteiger partial charge in [-0.15, -0.1) is 11.3 Å². The molecule has 0 amide bonds. The van der Waals surface area contributed by atoms with Gasteiger partial charge in [0.05, 0.1) is 12.0 Å². The number of Topliss-reactive ketones (excluding diaryl/α,β-unsaturated/α-hetero) is 2. The van der Waals surface area contributed by atoms with Crippen LogP contribution in [0.1, 0.15) is 75.4 Å². The number of rotatable bonds is 3. The Morgan fingerprint density at radius 2 is 2.03 bits per heavy atom. The highest BCUT2D eigenvalue weighted by Crippen LogP contribution is 2.68. The lowest BCUT2D eigenvalue weighted by Gasteiger charge is -2.63. The monoisotopic (exact) mass is 454 g/mol. The summed E-state index contributed by atoms with van der Waals surface area (Å²) in [6.45, 7) is 11.3. The van der Waals surface area contributed by atoms with Crippen molar-refractivity contribution in [1.82, 2.24) is 0 Å². The molecule has 5 heteroatoms. The molecular weight excluding hydrogens is 420 g/mol. The van der Waals surface area contributed by atoms with Gasteiger partial charge in [0.25, 0.3) is 0 Å². The maximum absolute atomic E-state index is 13.7. The van der Waals surface area contributed by atoms with Crippen LogP contribution in [-0.4, -0.2) is 24.1 Å². The van der Waals surface area contributed by atoms with Crippen molar-refractivity contribution in [3.63, 3.8) is 0 Å². The molecule has 0 saturated heterocycles. The number of fused-ring (bicyclic) bond motifs is 3. The van der Waals surface area contributed by atoms with Crippen LogP contribution in [0.2, 0.25) is 0 Å². The predicted molar refractivity (Wildman–Crippen MR) is 124 cm³/mol. The van der Waals surface area contributed by atoms with Gasteiger partial charge in [0.1, 0.15) is 10.7 Å². The van der Waals surface area contributed by atoms with E-state index >= 15 is 0 Å². The highest BCUT2D eigenvalue weighted by Gasteiger charge is 2.69. The number of ether oxygens (including phenoxy) is 1. The minimum Gasteiger partial charge on any atom is -0.461 e. The van der Waals surface area contributed by atoms with E-state index in [1.54, 1.807) is 6.07 Å². The lowest BCUT2D eigenvalue weighted by Crippen LogP contribution is -2.65. The normalized spacial score (nSPS) is 43.4. The number of carbonyl (C=O) groups is 3. The fourth-order valence-electron chi connectivity index (χ4n) is 8.00. The second kappa shape index (κ2) is 7.38. The smallest absolute Gasteiger partial charge is 0.348 e. The Balaban J connectivity index is 1.44. The molecule has 5 aliphatic rings. The van der Waals surface area contributed by atoms with Crippen LogP contribution in [0.3, 0.4) is 0 Å². The standard InChI is InChI=1S/C27H34O4S/c1-16-18-8-11-27(23(16)29)21(13-18)26(4)10-6-9-25(3,17(2)19(26)14-22(27)28)15-31-24(30)20-7-5-12-32-20/h5,7,12,17-19,21H,1,6,8-11,13-15H2,2-4H3/t17-,18+,19?,21?,25+,26-,27?/m1/s1. The van der Waals surface area contributed by atoms with Crippen LogP contribution >= 0.6 is 11.3 Å². The van der Waals surface area contributed by atoms with Gasteiger partial charge in [0, 0.05) is 11.8 Å². The van der Waals surface area contributed by atoms with Crippen molar-refractivity contribution in [2.45, 2.75) is 65.7 Å². The average Bonchev–Trinajstić information content (AvgIpc) is 3.29. The van der Waals surface area contributed by atoms with Gasteiger partial charge < -0.3 is 4.74 Å². The van der Waals surface area contributed by atoms with E-state index in [0.717, 1.165) is 32.1 Å². The summed E-state index contributed by atoms with van der Waals surface area (Å²) in [4.78, 5) is 40.2. The first kappa shape index (κ1) is 22.1. The van der Waals surface area contributed by atoms with Crippen molar-refractivity contribution < 1.29 is 19.1 Å². The number of allylic oxidation sites excluding steroid dienone is 1. The SMILES string of the molecule is C=C1C(=O)C23CC[C@H]1CC2[C@]1(C)CCC[C@@](C)(COC(=O)c2cccs2)[C@H](C)C1CC3=O. The molecule has 32 heavy (non-hydrogen) atoms. The first-order valence-corrected chi connectivity index (χ1v) is 13.0. The van der Waals surface area contributed by atoms with Crippen LogP contribution in [0.25, 0.3) is 0 Å². The summed E-state index contributed by atoms with van der Waals surface area (Å²) < 4.78 is 5.80. The van der Waals surface area contributed by atoms with Gasteiger partial charge in [-0.25, -0.2) is 4.79 Å². The second-order valence-electron chi connectivity index (χ2n) is 11.4. The van der Waals surface area contributed by atoms with Gasteiger partial charge in [-0.3, -0.25) is 9.59 Å². The summed E-state index contributed by atoms with van der Waals surface area (Å²) in [6.07, 6.45) is 6.07. The molecule has 1 heterocycles. The molecule has 1 aromatic rings. The van der Waals surface area contributed by atoms with Crippen molar-refractivity contribution >= 4 is 28.9 Å². The van der Waals surface area contributed by atoms with Gasteiger partial charge in [-0.2, -0.15) is 0 Å². The Labute approximate surface area is 194 Å². The molecule has 0 aromatic carbocycles. The van der Waals surface area contributed by atoms with E-state index in [9.17, 15) is 14.4 Å². The van der Waals surface area contributed by atoms with Crippen molar-refractivity contribution in [3.8, 4) is 0 Å². The molecule has 3 unspecified atom stereocenters. The number of hydrogen-bond acceptors (Lipinski definition) is 5. The highest BCUT2D eigenvalue weighted by atomic mass is 32.1.